The maximum atomic E-state index is 13.3. The van der Waals surface area contributed by atoms with Gasteiger partial charge in [-0.3, -0.25) is 9.36 Å². The lowest BCUT2D eigenvalue weighted by Crippen LogP contribution is -2.40. The van der Waals surface area contributed by atoms with Gasteiger partial charge in [0.25, 0.3) is 5.56 Å². The zero-order chi connectivity index (χ0) is 23.7. The Morgan fingerprint density at radius 3 is 2.58 bits per heavy atom. The van der Waals surface area contributed by atoms with Gasteiger partial charge in [-0.25, -0.2) is 4.79 Å². The van der Waals surface area contributed by atoms with E-state index in [1.165, 1.54) is 4.57 Å². The first-order valence-electron chi connectivity index (χ1n) is 9.91. The summed E-state index contributed by atoms with van der Waals surface area (Å²) in [7, 11) is 0. The number of nitrogens with zero attached hydrogens (tertiary/aromatic N) is 2. The Morgan fingerprint density at radius 2 is 1.94 bits per heavy atom. The first kappa shape index (κ1) is 23.2. The van der Waals surface area contributed by atoms with Gasteiger partial charge in [-0.1, -0.05) is 56.1 Å². The number of aromatic nitrogens is 1. The predicted octanol–water partition coefficient (Wildman–Crippen LogP) is 3.43. The number of hydrogen-bond donors (Lipinski definition) is 1. The highest BCUT2D eigenvalue weighted by atomic mass is 79.9. The summed E-state index contributed by atoms with van der Waals surface area (Å²) in [5, 5.41) is 9.99. The Bertz CT molecular complexity index is 1530. The molecule has 1 aromatic heterocycles. The van der Waals surface area contributed by atoms with Crippen molar-refractivity contribution in [3.8, 4) is 6.07 Å². The summed E-state index contributed by atoms with van der Waals surface area (Å²) in [6, 6.07) is 16.9. The molecular formula is C24H17Br2N3O3S. The van der Waals surface area contributed by atoms with Crippen molar-refractivity contribution in [3.05, 3.63) is 93.7 Å². The number of benzene rings is 2. The Balaban J connectivity index is 2.10. The molecular weight excluding hydrogens is 570 g/mol. The largest absolute Gasteiger partial charge is 0.463 e. The number of thiazole rings is 1. The van der Waals surface area contributed by atoms with Crippen LogP contribution in [0, 0.1) is 11.3 Å². The number of halogens is 2. The molecule has 1 atom stereocenters. The zero-order valence-electron chi connectivity index (χ0n) is 17.3. The van der Waals surface area contributed by atoms with Crippen molar-refractivity contribution in [2.24, 2.45) is 5.73 Å². The van der Waals surface area contributed by atoms with Crippen molar-refractivity contribution < 1.29 is 9.53 Å². The first-order valence-corrected chi connectivity index (χ1v) is 12.3. The van der Waals surface area contributed by atoms with Gasteiger partial charge in [-0.05, 0) is 48.4 Å². The van der Waals surface area contributed by atoms with Gasteiger partial charge >= 0.3 is 5.97 Å². The molecule has 0 aliphatic carbocycles. The number of fused-ring (bicyclic) bond motifs is 1. The molecule has 166 valence electrons. The lowest BCUT2D eigenvalue weighted by Gasteiger charge is -2.24. The molecule has 0 unspecified atom stereocenters. The lowest BCUT2D eigenvalue weighted by molar-refractivity contribution is -0.136. The minimum Gasteiger partial charge on any atom is -0.463 e. The lowest BCUT2D eigenvalue weighted by atomic mass is 9.84. The van der Waals surface area contributed by atoms with Gasteiger partial charge in [0.15, 0.2) is 0 Å². The van der Waals surface area contributed by atoms with Crippen LogP contribution in [0.4, 0.5) is 0 Å². The van der Waals surface area contributed by atoms with Crippen LogP contribution in [0.1, 0.15) is 24.0 Å². The summed E-state index contributed by atoms with van der Waals surface area (Å²) >= 11 is 8.03. The van der Waals surface area contributed by atoms with Gasteiger partial charge in [0, 0.05) is 8.95 Å². The maximum absolute atomic E-state index is 13.3. The van der Waals surface area contributed by atoms with Gasteiger partial charge in [0.2, 0.25) is 0 Å². The smallest absolute Gasteiger partial charge is 0.338 e. The molecule has 0 amide bonds. The third-order valence-electron chi connectivity index (χ3n) is 5.09. The Hall–Kier alpha value is -2.93. The van der Waals surface area contributed by atoms with Crippen molar-refractivity contribution in [2.75, 3.05) is 6.61 Å². The van der Waals surface area contributed by atoms with Crippen LogP contribution in [0.5, 0.6) is 0 Å². The molecule has 2 N–H and O–H groups in total. The third-order valence-corrected chi connectivity index (χ3v) is 7.19. The third kappa shape index (κ3) is 4.34. The molecule has 1 aliphatic heterocycles. The van der Waals surface area contributed by atoms with E-state index in [0.717, 1.165) is 25.8 Å². The van der Waals surface area contributed by atoms with E-state index in [2.05, 4.69) is 37.9 Å². The van der Waals surface area contributed by atoms with Crippen LogP contribution in [-0.4, -0.2) is 17.1 Å². The molecule has 2 heterocycles. The number of carbonyl (C=O) groups is 1. The van der Waals surface area contributed by atoms with Crippen molar-refractivity contribution in [1.82, 2.24) is 4.57 Å². The maximum Gasteiger partial charge on any atom is 0.338 e. The van der Waals surface area contributed by atoms with Crippen molar-refractivity contribution in [1.29, 1.82) is 5.26 Å². The molecule has 0 spiro atoms. The van der Waals surface area contributed by atoms with Gasteiger partial charge in [0.1, 0.15) is 10.5 Å². The van der Waals surface area contributed by atoms with Crippen LogP contribution in [-0.2, 0) is 9.53 Å². The molecule has 1 aliphatic rings. The summed E-state index contributed by atoms with van der Waals surface area (Å²) in [5.41, 5.74) is 7.81. The number of nitriles is 1. The second-order valence-corrected chi connectivity index (χ2v) is 10.0. The second kappa shape index (κ2) is 9.51. The quantitative estimate of drug-likeness (QED) is 0.472. The van der Waals surface area contributed by atoms with Crippen LogP contribution in [0.25, 0.3) is 17.5 Å². The monoisotopic (exact) mass is 585 g/mol. The number of esters is 1. The highest BCUT2D eigenvalue weighted by Gasteiger charge is 2.36. The van der Waals surface area contributed by atoms with Gasteiger partial charge in [-0.15, -0.1) is 11.3 Å². The number of carbonyl (C=O) groups excluding carboxylic acids is 1. The number of hydrogen-bond acceptors (Lipinski definition) is 6. The van der Waals surface area contributed by atoms with E-state index in [9.17, 15) is 14.9 Å². The molecule has 4 rings (SSSR count). The molecule has 0 saturated carbocycles. The second-order valence-electron chi connectivity index (χ2n) is 7.14. The average Bonchev–Trinajstić information content (AvgIpc) is 3.09. The number of allylic oxidation sites excluding steroid dienone is 1. The number of nitrogens with two attached hydrogens (primary N) is 1. The molecule has 33 heavy (non-hydrogen) atoms. The summed E-state index contributed by atoms with van der Waals surface area (Å²) in [6.45, 7) is 1.86. The van der Waals surface area contributed by atoms with E-state index in [1.54, 1.807) is 13.0 Å². The molecule has 0 radical (unpaired) electrons. The summed E-state index contributed by atoms with van der Waals surface area (Å²) in [5.74, 6) is -1.34. The molecule has 0 saturated heterocycles. The van der Waals surface area contributed by atoms with Crippen molar-refractivity contribution in [3.63, 3.8) is 0 Å². The van der Waals surface area contributed by atoms with Crippen LogP contribution in [0.2, 0.25) is 0 Å². The Morgan fingerprint density at radius 1 is 1.24 bits per heavy atom. The zero-order valence-corrected chi connectivity index (χ0v) is 21.3. The molecule has 2 aromatic carbocycles. The van der Waals surface area contributed by atoms with Crippen LogP contribution in [0.15, 0.2) is 67.8 Å². The van der Waals surface area contributed by atoms with Gasteiger partial charge < -0.3 is 10.5 Å². The average molecular weight is 587 g/mol. The van der Waals surface area contributed by atoms with Crippen LogP contribution >= 0.6 is 43.2 Å². The first-order chi connectivity index (χ1) is 15.8. The van der Waals surface area contributed by atoms with Crippen LogP contribution < -0.4 is 20.5 Å². The molecule has 9 heteroatoms. The fourth-order valence-electron chi connectivity index (χ4n) is 3.72. The molecule has 0 fully saturated rings. The summed E-state index contributed by atoms with van der Waals surface area (Å²) < 4.78 is 9.00. The van der Waals surface area contributed by atoms with E-state index < -0.39 is 17.4 Å². The summed E-state index contributed by atoms with van der Waals surface area (Å²) in [4.78, 5) is 26.5. The predicted molar refractivity (Wildman–Crippen MR) is 135 cm³/mol. The standard InChI is InChI=1S/C24H17Br2N3O3S/c1-2-32-24(31)20-19(14-6-4-8-16(26)11-14)17(12-27)21(28)29-22(30)18(33-23(20)29)10-13-5-3-7-15(25)9-13/h3-11,19H,2,28H2,1H3/b18-10-/t19-/m1/s1. The van der Waals surface area contributed by atoms with E-state index in [-0.39, 0.29) is 23.6 Å². The Kier molecular flexibility index (Phi) is 6.70. The van der Waals surface area contributed by atoms with Crippen molar-refractivity contribution >= 4 is 66.6 Å². The number of rotatable bonds is 4. The normalized spacial score (nSPS) is 15.9. The highest BCUT2D eigenvalue weighted by molar-refractivity contribution is 9.10. The number of ether oxygens (including phenoxy) is 1. The minimum atomic E-state index is -0.761. The Labute approximate surface area is 210 Å². The van der Waals surface area contributed by atoms with Crippen molar-refractivity contribution in [2.45, 2.75) is 12.8 Å². The topological polar surface area (TPSA) is 98.1 Å². The highest BCUT2D eigenvalue weighted by Crippen LogP contribution is 2.37. The van der Waals surface area contributed by atoms with E-state index in [4.69, 9.17) is 10.5 Å². The molecule has 0 bridgehead atoms. The van der Waals surface area contributed by atoms with Crippen LogP contribution in [0.3, 0.4) is 0 Å². The fourth-order valence-corrected chi connectivity index (χ4v) is 5.72. The van der Waals surface area contributed by atoms with E-state index in [0.29, 0.717) is 14.8 Å². The fraction of sp³-hybridized carbons (Fsp3) is 0.125. The minimum absolute atomic E-state index is 0.0145. The van der Waals surface area contributed by atoms with E-state index >= 15 is 0 Å². The summed E-state index contributed by atoms with van der Waals surface area (Å²) in [6.07, 6.45) is 1.74. The van der Waals surface area contributed by atoms with E-state index in [1.807, 2.05) is 48.5 Å². The van der Waals surface area contributed by atoms with Gasteiger partial charge in [0.05, 0.1) is 34.3 Å². The van der Waals surface area contributed by atoms with Gasteiger partial charge in [-0.2, -0.15) is 5.26 Å². The SMILES string of the molecule is CCOC(=O)C1=c2s/c(=C\c3cccc(Br)c3)c(=O)n2C(N)=C(C#N)[C@H]1c1cccc(Br)c1. The molecule has 3 aromatic rings. The molecule has 6 nitrogen and oxygen atoms in total.